The third-order valence-electron chi connectivity index (χ3n) is 5.67. The summed E-state index contributed by atoms with van der Waals surface area (Å²) in [7, 11) is 0. The van der Waals surface area contributed by atoms with E-state index in [1.165, 1.54) is 6.42 Å². The first-order valence-electron chi connectivity index (χ1n) is 9.80. The highest BCUT2D eigenvalue weighted by molar-refractivity contribution is 5.94. The number of aromatic nitrogens is 1. The van der Waals surface area contributed by atoms with Gasteiger partial charge in [0.25, 0.3) is 0 Å². The molecule has 1 spiro atoms. The average Bonchev–Trinajstić information content (AvgIpc) is 2.65. The Labute approximate surface area is 155 Å². The number of aryl methyl sites for hydroxylation is 1. The van der Waals surface area contributed by atoms with Crippen molar-refractivity contribution in [3.63, 3.8) is 0 Å². The first-order chi connectivity index (χ1) is 12.6. The van der Waals surface area contributed by atoms with Gasteiger partial charge in [0, 0.05) is 24.3 Å². The van der Waals surface area contributed by atoms with Crippen molar-refractivity contribution >= 4 is 5.91 Å². The summed E-state index contributed by atoms with van der Waals surface area (Å²) in [5.74, 6) is 0.214. The van der Waals surface area contributed by atoms with Gasteiger partial charge in [-0.3, -0.25) is 9.78 Å². The number of carbonyl (C=O) groups is 1. The molecule has 1 aliphatic carbocycles. The Hall–Kier alpha value is -1.72. The number of hydrogen-bond acceptors (Lipinski definition) is 4. The topological polar surface area (TPSA) is 51.7 Å². The van der Waals surface area contributed by atoms with Crippen LogP contribution in [0.15, 0.2) is 29.8 Å². The predicted molar refractivity (Wildman–Crippen MR) is 98.6 cm³/mol. The molecule has 5 heteroatoms. The van der Waals surface area contributed by atoms with Gasteiger partial charge in [-0.15, -0.1) is 0 Å². The van der Waals surface area contributed by atoms with Gasteiger partial charge in [-0.1, -0.05) is 12.1 Å². The molecule has 2 saturated heterocycles. The lowest BCUT2D eigenvalue weighted by atomic mass is 9.83. The lowest BCUT2D eigenvalue weighted by Crippen LogP contribution is -2.67. The first-order valence-corrected chi connectivity index (χ1v) is 9.80. The van der Waals surface area contributed by atoms with Crippen molar-refractivity contribution in [3.05, 3.63) is 41.2 Å². The second kappa shape index (κ2) is 7.49. The number of carbonyl (C=O) groups excluding carboxylic acids is 1. The molecular weight excluding hydrogens is 328 g/mol. The zero-order chi connectivity index (χ0) is 18.0. The number of likely N-dealkylation sites (tertiary alicyclic amines) is 1. The molecule has 3 heterocycles. The van der Waals surface area contributed by atoms with Crippen molar-refractivity contribution in [2.45, 2.75) is 63.8 Å². The zero-order valence-electron chi connectivity index (χ0n) is 15.6. The molecule has 5 nitrogen and oxygen atoms in total. The summed E-state index contributed by atoms with van der Waals surface area (Å²) in [4.78, 5) is 19.0. The molecule has 0 radical (unpaired) electrons. The number of nitrogens with zero attached hydrogens (tertiary/aromatic N) is 2. The maximum absolute atomic E-state index is 12.6. The third-order valence-corrected chi connectivity index (χ3v) is 5.67. The fourth-order valence-electron chi connectivity index (χ4n) is 4.26. The van der Waals surface area contributed by atoms with Crippen LogP contribution in [0.4, 0.5) is 0 Å². The number of amides is 1. The van der Waals surface area contributed by atoms with E-state index in [4.69, 9.17) is 9.47 Å². The van der Waals surface area contributed by atoms with Crippen molar-refractivity contribution < 1.29 is 14.3 Å². The van der Waals surface area contributed by atoms with Gasteiger partial charge in [-0.2, -0.15) is 0 Å². The molecule has 0 N–H and O–H groups in total. The Morgan fingerprint density at radius 3 is 3.04 bits per heavy atom. The van der Waals surface area contributed by atoms with Gasteiger partial charge in [0.05, 0.1) is 31.5 Å². The van der Waals surface area contributed by atoms with E-state index in [0.29, 0.717) is 26.3 Å². The van der Waals surface area contributed by atoms with Crippen LogP contribution in [0, 0.1) is 6.92 Å². The molecule has 3 aliphatic rings. The van der Waals surface area contributed by atoms with Crippen molar-refractivity contribution in [2.24, 2.45) is 0 Å². The van der Waals surface area contributed by atoms with E-state index in [-0.39, 0.29) is 17.6 Å². The summed E-state index contributed by atoms with van der Waals surface area (Å²) in [6.45, 7) is 4.64. The lowest BCUT2D eigenvalue weighted by Gasteiger charge is -2.53. The molecule has 26 heavy (non-hydrogen) atoms. The molecule has 1 amide bonds. The molecule has 2 fully saturated rings. The normalized spacial score (nSPS) is 24.9. The van der Waals surface area contributed by atoms with Crippen LogP contribution in [0.1, 0.15) is 49.9 Å². The predicted octanol–water partition coefficient (Wildman–Crippen LogP) is 3.17. The largest absolute Gasteiger partial charge is 0.372 e. The summed E-state index contributed by atoms with van der Waals surface area (Å²) < 4.78 is 12.2. The number of pyridine rings is 1. The fourth-order valence-corrected chi connectivity index (χ4v) is 4.26. The van der Waals surface area contributed by atoms with Gasteiger partial charge in [-0.25, -0.2) is 0 Å². The highest BCUT2D eigenvalue weighted by Gasteiger charge is 2.49. The van der Waals surface area contributed by atoms with E-state index in [2.05, 4.69) is 11.1 Å². The standard InChI is InChI=1S/C21H28N2O3/c1-16-6-5-9-18(22-16)13-25-19-10-11-26-21(12-19)14-23(15-21)20(24)17-7-3-2-4-8-17/h5-7,9,19H,2-4,8,10-15H2,1H3. The Kier molecular flexibility index (Phi) is 5.09. The van der Waals surface area contributed by atoms with E-state index < -0.39 is 0 Å². The van der Waals surface area contributed by atoms with Crippen LogP contribution < -0.4 is 0 Å². The lowest BCUT2D eigenvalue weighted by molar-refractivity contribution is -0.200. The molecule has 0 bridgehead atoms. The summed E-state index contributed by atoms with van der Waals surface area (Å²) >= 11 is 0. The summed E-state index contributed by atoms with van der Waals surface area (Å²) in [6, 6.07) is 6.01. The number of allylic oxidation sites excluding steroid dienone is 1. The van der Waals surface area contributed by atoms with Crippen LogP contribution in [-0.4, -0.2) is 47.2 Å². The van der Waals surface area contributed by atoms with Gasteiger partial charge in [0.1, 0.15) is 5.60 Å². The Bertz CT molecular complexity index is 694. The SMILES string of the molecule is Cc1cccc(COC2CCOC3(C2)CN(C(=O)C2=CCCCC2)C3)n1. The molecule has 0 saturated carbocycles. The summed E-state index contributed by atoms with van der Waals surface area (Å²) in [6.07, 6.45) is 8.39. The van der Waals surface area contributed by atoms with Crippen LogP contribution in [0.25, 0.3) is 0 Å². The second-order valence-corrected chi connectivity index (χ2v) is 7.86. The molecular formula is C21H28N2O3. The summed E-state index contributed by atoms with van der Waals surface area (Å²) in [5, 5.41) is 0. The Balaban J connectivity index is 1.29. The molecule has 1 aromatic heterocycles. The Morgan fingerprint density at radius 1 is 1.38 bits per heavy atom. The van der Waals surface area contributed by atoms with Gasteiger partial charge in [0.2, 0.25) is 5.91 Å². The number of rotatable bonds is 4. The van der Waals surface area contributed by atoms with Gasteiger partial charge >= 0.3 is 0 Å². The minimum Gasteiger partial charge on any atom is -0.372 e. The Morgan fingerprint density at radius 2 is 2.27 bits per heavy atom. The van der Waals surface area contributed by atoms with Crippen LogP contribution in [-0.2, 0) is 20.9 Å². The van der Waals surface area contributed by atoms with Crippen molar-refractivity contribution in [1.82, 2.24) is 9.88 Å². The molecule has 2 aliphatic heterocycles. The maximum Gasteiger partial charge on any atom is 0.249 e. The highest BCUT2D eigenvalue weighted by atomic mass is 16.5. The summed E-state index contributed by atoms with van der Waals surface area (Å²) in [5.41, 5.74) is 2.79. The molecule has 1 aromatic rings. The van der Waals surface area contributed by atoms with E-state index >= 15 is 0 Å². The minimum atomic E-state index is -0.201. The van der Waals surface area contributed by atoms with Crippen molar-refractivity contribution in [1.29, 1.82) is 0 Å². The number of hydrogen-bond donors (Lipinski definition) is 0. The molecule has 140 valence electrons. The molecule has 4 rings (SSSR count). The van der Waals surface area contributed by atoms with Crippen molar-refractivity contribution in [2.75, 3.05) is 19.7 Å². The monoisotopic (exact) mass is 356 g/mol. The zero-order valence-corrected chi connectivity index (χ0v) is 15.6. The van der Waals surface area contributed by atoms with Gasteiger partial charge < -0.3 is 14.4 Å². The van der Waals surface area contributed by atoms with E-state index in [0.717, 1.165) is 49.1 Å². The van der Waals surface area contributed by atoms with E-state index in [1.807, 2.05) is 30.0 Å². The van der Waals surface area contributed by atoms with E-state index in [1.54, 1.807) is 0 Å². The molecule has 1 unspecified atom stereocenters. The maximum atomic E-state index is 12.6. The van der Waals surface area contributed by atoms with Crippen LogP contribution >= 0.6 is 0 Å². The smallest absolute Gasteiger partial charge is 0.249 e. The third kappa shape index (κ3) is 3.84. The quantitative estimate of drug-likeness (QED) is 0.831. The fraction of sp³-hybridized carbons (Fsp3) is 0.619. The minimum absolute atomic E-state index is 0.178. The van der Waals surface area contributed by atoms with E-state index in [9.17, 15) is 4.79 Å². The van der Waals surface area contributed by atoms with Gasteiger partial charge in [-0.05, 0) is 51.2 Å². The first kappa shape index (κ1) is 17.7. The number of ether oxygens (including phenoxy) is 2. The second-order valence-electron chi connectivity index (χ2n) is 7.86. The van der Waals surface area contributed by atoms with Crippen LogP contribution in [0.5, 0.6) is 0 Å². The van der Waals surface area contributed by atoms with Crippen LogP contribution in [0.2, 0.25) is 0 Å². The van der Waals surface area contributed by atoms with Crippen molar-refractivity contribution in [3.8, 4) is 0 Å². The van der Waals surface area contributed by atoms with Crippen LogP contribution in [0.3, 0.4) is 0 Å². The highest BCUT2D eigenvalue weighted by Crippen LogP contribution is 2.37. The molecule has 1 atom stereocenters. The van der Waals surface area contributed by atoms with Gasteiger partial charge in [0.15, 0.2) is 0 Å². The molecule has 0 aromatic carbocycles. The average molecular weight is 356 g/mol.